The molecule has 0 aliphatic heterocycles. The molecule has 0 aromatic rings. The molecule has 0 atom stereocenters. The van der Waals surface area contributed by atoms with E-state index in [9.17, 15) is 54.8 Å². The Hall–Kier alpha value is 1.64. The molecule has 0 radical (unpaired) electrons. The highest BCUT2D eigenvalue weighted by Crippen LogP contribution is 2.54. The fourth-order valence-electron chi connectivity index (χ4n) is 2.07. The lowest BCUT2D eigenvalue weighted by molar-refractivity contribution is 0.352. The molecule has 0 bridgehead atoms. The third-order valence-electron chi connectivity index (χ3n) is 3.33. The fourth-order valence-corrected chi connectivity index (χ4v) is 13.6. The Labute approximate surface area is 359 Å². The Morgan fingerprint density at radius 2 is 0.312 bits per heavy atom. The summed E-state index contributed by atoms with van der Waals surface area (Å²) < 4.78 is 118. The number of rotatable bonds is 19. The van der Waals surface area contributed by atoms with Crippen molar-refractivity contribution in [2.75, 3.05) is 74.7 Å². The topological polar surface area (TPSA) is 766 Å². The van der Waals surface area contributed by atoms with Gasteiger partial charge in [0, 0.05) is 39.3 Å². The van der Waals surface area contributed by atoms with Gasteiger partial charge in [0.05, 0.1) is 0 Å². The van der Waals surface area contributed by atoms with E-state index in [1.165, 1.54) is 0 Å². The lowest BCUT2D eigenvalue weighted by Crippen LogP contribution is -2.32. The third-order valence-corrected chi connectivity index (χ3v) is 21.0. The van der Waals surface area contributed by atoms with Gasteiger partial charge in [-0.1, -0.05) is 0 Å². The van der Waals surface area contributed by atoms with Crippen LogP contribution in [0.1, 0.15) is 0 Å². The van der Waals surface area contributed by atoms with E-state index < -0.39 is 127 Å². The monoisotopic (exact) mass is 1200 g/mol. The average molecular weight is 1200 g/mol. The molecule has 64 heavy (non-hydrogen) atoms. The molecule has 0 fully saturated rings. The van der Waals surface area contributed by atoms with Crippen molar-refractivity contribution in [3.05, 3.63) is 0 Å². The van der Waals surface area contributed by atoms with Gasteiger partial charge in [0.15, 0.2) is 35.4 Å². The van der Waals surface area contributed by atoms with E-state index in [0.29, 0.717) is 13.1 Å². The van der Waals surface area contributed by atoms with Gasteiger partial charge in [-0.2, -0.15) is 0 Å². The number of nitrogens with one attached hydrogen (secondary N) is 2. The minimum atomic E-state index is -4.55. The molecule has 40 nitrogen and oxygen atoms in total. The summed E-state index contributed by atoms with van der Waals surface area (Å²) in [5.41, 5.74) is 10.5. The highest BCUT2D eigenvalue weighted by atomic mass is 31.3. The zero-order valence-corrected chi connectivity index (χ0v) is 42.4. The van der Waals surface area contributed by atoms with Crippen LogP contribution in [0.15, 0.2) is 0 Å². The van der Waals surface area contributed by atoms with Crippen LogP contribution < -0.4 is 22.1 Å². The predicted molar refractivity (Wildman–Crippen MR) is 218 cm³/mol. The fraction of sp³-hybridized carbons (Fsp3) is 1.00. The van der Waals surface area contributed by atoms with Crippen molar-refractivity contribution in [2.45, 2.75) is 0 Å². The SMILES string of the molecule is NCCNCCNCCN.O=P(O)(O)CP(=O)(O)O.O=P(O)(O)CP(=O)(O)O.O=P(O)(O)CP(=O)(O)O.O=P(O)(O)CP(=O)(O)O.O=P(O)(O)CP(=O)(O)O.O=P(O)(O)CP(=O)(O)O. The molecule has 0 heterocycles. The second-order valence-electron chi connectivity index (χ2n) is 10.9. The Balaban J connectivity index is -0.000000118. The van der Waals surface area contributed by atoms with Crippen LogP contribution in [0.3, 0.4) is 0 Å². The van der Waals surface area contributed by atoms with Gasteiger partial charge in [-0.05, 0) is 0 Å². The van der Waals surface area contributed by atoms with Crippen LogP contribution in [-0.4, -0.2) is 192 Å². The summed E-state index contributed by atoms with van der Waals surface area (Å²) in [7, 11) is -54.6. The summed E-state index contributed by atoms with van der Waals surface area (Å²) in [6.07, 6.45) is 0. The number of hydrogen-bond donors (Lipinski definition) is 28. The molecule has 0 aliphatic rings. The van der Waals surface area contributed by atoms with Crippen molar-refractivity contribution in [3.8, 4) is 0 Å². The summed E-state index contributed by atoms with van der Waals surface area (Å²) in [6, 6.07) is 0. The predicted octanol–water partition coefficient (Wildman–Crippen LogP) is -6.12. The van der Waals surface area contributed by atoms with E-state index in [1.54, 1.807) is 0 Å². The lowest BCUT2D eigenvalue weighted by Gasteiger charge is -2.03. The van der Waals surface area contributed by atoms with E-state index in [1.807, 2.05) is 0 Å². The maximum Gasteiger partial charge on any atom is 0.337 e. The summed E-state index contributed by atoms with van der Waals surface area (Å²) >= 11 is 0. The van der Waals surface area contributed by atoms with Gasteiger partial charge in [0.1, 0.15) is 0 Å². The highest BCUT2D eigenvalue weighted by Gasteiger charge is 2.30. The van der Waals surface area contributed by atoms with Gasteiger partial charge in [-0.3, -0.25) is 54.8 Å². The van der Waals surface area contributed by atoms with Gasteiger partial charge in [-0.25, -0.2) is 0 Å². The molecule has 0 amide bonds. The zero-order chi connectivity index (χ0) is 53.9. The molecule has 52 heteroatoms. The van der Waals surface area contributed by atoms with Crippen LogP contribution in [0.5, 0.6) is 0 Å². The molecular weight excluding hydrogens is 1150 g/mol. The normalized spacial score (nSPS) is 13.2. The van der Waals surface area contributed by atoms with E-state index in [0.717, 1.165) is 26.2 Å². The van der Waals surface area contributed by atoms with Crippen LogP contribution in [-0.2, 0) is 54.8 Å². The van der Waals surface area contributed by atoms with E-state index >= 15 is 0 Å². The molecular formula is C12H54N4O36P12. The Morgan fingerprint density at radius 1 is 0.219 bits per heavy atom. The first-order chi connectivity index (χ1) is 27.2. The second kappa shape index (κ2) is 34.1. The minimum absolute atomic E-state index is 0.705. The second-order valence-corrected chi connectivity index (χ2v) is 33.6. The first kappa shape index (κ1) is 79.8. The van der Waals surface area contributed by atoms with Crippen molar-refractivity contribution in [3.63, 3.8) is 0 Å². The van der Waals surface area contributed by atoms with Crippen molar-refractivity contribution < 1.29 is 172 Å². The van der Waals surface area contributed by atoms with Gasteiger partial charge in [0.25, 0.3) is 0 Å². The maximum absolute atomic E-state index is 9.85. The third kappa shape index (κ3) is 125. The van der Waals surface area contributed by atoms with Crippen LogP contribution in [0, 0.1) is 0 Å². The van der Waals surface area contributed by atoms with E-state index in [4.69, 9.17) is 129 Å². The molecule has 0 saturated carbocycles. The minimum Gasteiger partial charge on any atom is -0.329 e. The Morgan fingerprint density at radius 3 is 0.359 bits per heavy atom. The summed E-state index contributed by atoms with van der Waals surface area (Å²) in [6.45, 7) is 5.14. The summed E-state index contributed by atoms with van der Waals surface area (Å²) in [5, 5.41) is 6.33. The van der Waals surface area contributed by atoms with Crippen LogP contribution in [0.2, 0.25) is 0 Å². The molecule has 0 aliphatic carbocycles. The van der Waals surface area contributed by atoms with E-state index in [-0.39, 0.29) is 0 Å². The summed E-state index contributed by atoms with van der Waals surface area (Å²) in [5.74, 6) is -8.25. The number of nitrogens with two attached hydrogens (primary N) is 2. The molecule has 0 aromatic heterocycles. The first-order valence-electron chi connectivity index (χ1n) is 14.5. The quantitative estimate of drug-likeness (QED) is 0.0423. The molecule has 30 N–H and O–H groups in total. The maximum atomic E-state index is 9.85. The molecule has 0 saturated heterocycles. The standard InChI is InChI=1S/C6H18N4.6CH6O6P2/c7-1-3-9-5-6-10-4-2-8;6*2-8(3,4)1-9(5,6)7/h9-10H,1-8H2;6*1H2,(H2,2,3,4)(H2,5,6,7). The molecule has 398 valence electrons. The van der Waals surface area contributed by atoms with Gasteiger partial charge >= 0.3 is 91.1 Å². The van der Waals surface area contributed by atoms with Crippen LogP contribution in [0.4, 0.5) is 0 Å². The van der Waals surface area contributed by atoms with Gasteiger partial charge in [0.2, 0.25) is 0 Å². The van der Waals surface area contributed by atoms with Crippen LogP contribution >= 0.6 is 91.1 Å². The summed E-state index contributed by atoms with van der Waals surface area (Å²) in [4.78, 5) is 191. The van der Waals surface area contributed by atoms with Crippen molar-refractivity contribution in [1.82, 2.24) is 10.6 Å². The van der Waals surface area contributed by atoms with Crippen LogP contribution in [0.25, 0.3) is 0 Å². The Kier molecular flexibility index (Phi) is 42.5. The van der Waals surface area contributed by atoms with Gasteiger partial charge in [-0.15, -0.1) is 0 Å². The zero-order valence-electron chi connectivity index (χ0n) is 31.6. The lowest BCUT2D eigenvalue weighted by atomic mass is 10.5. The van der Waals surface area contributed by atoms with Crippen molar-refractivity contribution in [1.29, 1.82) is 0 Å². The highest BCUT2D eigenvalue weighted by molar-refractivity contribution is 7.71. The van der Waals surface area contributed by atoms with Crippen molar-refractivity contribution >= 4 is 91.1 Å². The molecule has 0 rings (SSSR count). The number of hydrogen-bond acceptors (Lipinski definition) is 16. The molecule has 0 spiro atoms. The Bertz CT molecular complexity index is 1400. The smallest absolute Gasteiger partial charge is 0.329 e. The van der Waals surface area contributed by atoms with Crippen molar-refractivity contribution in [2.24, 2.45) is 11.5 Å². The first-order valence-corrected chi connectivity index (χ1v) is 36.1. The molecule has 0 aromatic carbocycles. The largest absolute Gasteiger partial charge is 0.337 e. The molecule has 0 unspecified atom stereocenters. The van der Waals surface area contributed by atoms with E-state index in [2.05, 4.69) is 10.6 Å². The average Bonchev–Trinajstić information content (AvgIpc) is 2.80. The van der Waals surface area contributed by atoms with Gasteiger partial charge < -0.3 is 140 Å².